The Labute approximate surface area is 118 Å². The lowest BCUT2D eigenvalue weighted by Gasteiger charge is -2.17. The van der Waals surface area contributed by atoms with Gasteiger partial charge in [-0.15, -0.1) is 11.3 Å². The van der Waals surface area contributed by atoms with Crippen LogP contribution in [0.1, 0.15) is 29.2 Å². The molecule has 0 amide bonds. The number of nitrogens with zero attached hydrogens (tertiary/aromatic N) is 1. The first kappa shape index (κ1) is 14.0. The van der Waals surface area contributed by atoms with Gasteiger partial charge in [-0.05, 0) is 31.5 Å². The van der Waals surface area contributed by atoms with E-state index >= 15 is 0 Å². The Bertz CT molecular complexity index is 524. The molecule has 102 valence electrons. The van der Waals surface area contributed by atoms with Gasteiger partial charge in [0.25, 0.3) is 0 Å². The quantitative estimate of drug-likeness (QED) is 0.878. The van der Waals surface area contributed by atoms with Crippen molar-refractivity contribution in [3.8, 4) is 5.75 Å². The fraction of sp³-hybridized carbons (Fsp3) is 0.400. The molecule has 2 aromatic rings. The van der Waals surface area contributed by atoms with Crippen molar-refractivity contribution in [2.75, 3.05) is 13.7 Å². The zero-order valence-electron chi connectivity index (χ0n) is 11.6. The van der Waals surface area contributed by atoms with E-state index in [-0.39, 0.29) is 6.04 Å². The SMILES string of the molecule is CCNC(Cc1ccccc1OC)c1csc(C)n1. The monoisotopic (exact) mass is 276 g/mol. The molecule has 0 aliphatic heterocycles. The summed E-state index contributed by atoms with van der Waals surface area (Å²) in [7, 11) is 1.72. The molecule has 1 aromatic heterocycles. The van der Waals surface area contributed by atoms with E-state index in [4.69, 9.17) is 4.74 Å². The van der Waals surface area contributed by atoms with Crippen LogP contribution < -0.4 is 10.1 Å². The van der Waals surface area contributed by atoms with E-state index < -0.39 is 0 Å². The molecule has 4 heteroatoms. The second-order valence-electron chi connectivity index (χ2n) is 4.42. The van der Waals surface area contributed by atoms with Crippen LogP contribution in [0.3, 0.4) is 0 Å². The van der Waals surface area contributed by atoms with E-state index in [2.05, 4.69) is 28.7 Å². The molecule has 0 saturated carbocycles. The van der Waals surface area contributed by atoms with Gasteiger partial charge in [0.05, 0.1) is 23.9 Å². The van der Waals surface area contributed by atoms with Gasteiger partial charge in [-0.1, -0.05) is 25.1 Å². The molecule has 0 aliphatic rings. The highest BCUT2D eigenvalue weighted by atomic mass is 32.1. The molecule has 1 heterocycles. The number of para-hydroxylation sites is 1. The van der Waals surface area contributed by atoms with Gasteiger partial charge in [0.15, 0.2) is 0 Å². The average Bonchev–Trinajstić information content (AvgIpc) is 2.85. The minimum atomic E-state index is 0.242. The molecule has 1 unspecified atom stereocenters. The number of nitrogens with one attached hydrogen (secondary N) is 1. The Morgan fingerprint density at radius 1 is 1.37 bits per heavy atom. The van der Waals surface area contributed by atoms with Crippen LogP contribution >= 0.6 is 11.3 Å². The van der Waals surface area contributed by atoms with Crippen molar-refractivity contribution < 1.29 is 4.74 Å². The molecule has 0 bridgehead atoms. The van der Waals surface area contributed by atoms with Crippen LogP contribution in [0.15, 0.2) is 29.6 Å². The molecule has 19 heavy (non-hydrogen) atoms. The number of hydrogen-bond donors (Lipinski definition) is 1. The number of aromatic nitrogens is 1. The Kier molecular flexibility index (Phi) is 4.93. The Morgan fingerprint density at radius 2 is 2.16 bits per heavy atom. The normalized spacial score (nSPS) is 12.4. The van der Waals surface area contributed by atoms with E-state index in [1.54, 1.807) is 18.4 Å². The predicted molar refractivity (Wildman–Crippen MR) is 80.0 cm³/mol. The molecule has 0 spiro atoms. The fourth-order valence-corrected chi connectivity index (χ4v) is 2.83. The summed E-state index contributed by atoms with van der Waals surface area (Å²) in [6.07, 6.45) is 0.890. The van der Waals surface area contributed by atoms with Crippen LogP contribution in [0, 0.1) is 6.92 Å². The van der Waals surface area contributed by atoms with Crippen molar-refractivity contribution in [1.82, 2.24) is 10.3 Å². The largest absolute Gasteiger partial charge is 0.496 e. The van der Waals surface area contributed by atoms with Crippen molar-refractivity contribution in [3.63, 3.8) is 0 Å². The van der Waals surface area contributed by atoms with Gasteiger partial charge in [-0.3, -0.25) is 0 Å². The summed E-state index contributed by atoms with van der Waals surface area (Å²) in [6, 6.07) is 8.41. The third-order valence-electron chi connectivity index (χ3n) is 3.06. The van der Waals surface area contributed by atoms with Crippen LogP contribution in [-0.4, -0.2) is 18.6 Å². The molecule has 3 nitrogen and oxygen atoms in total. The van der Waals surface area contributed by atoms with Gasteiger partial charge in [0, 0.05) is 5.38 Å². The van der Waals surface area contributed by atoms with Crippen molar-refractivity contribution in [2.24, 2.45) is 0 Å². The number of thiazole rings is 1. The molecule has 0 saturated heterocycles. The summed E-state index contributed by atoms with van der Waals surface area (Å²) >= 11 is 1.70. The number of rotatable bonds is 6. The van der Waals surface area contributed by atoms with E-state index in [0.717, 1.165) is 29.4 Å². The highest BCUT2D eigenvalue weighted by molar-refractivity contribution is 7.09. The zero-order chi connectivity index (χ0) is 13.7. The van der Waals surface area contributed by atoms with Gasteiger partial charge in [-0.2, -0.15) is 0 Å². The molecule has 2 rings (SSSR count). The number of likely N-dealkylation sites (N-methyl/N-ethyl adjacent to an activating group) is 1. The molecular weight excluding hydrogens is 256 g/mol. The Balaban J connectivity index is 2.21. The van der Waals surface area contributed by atoms with E-state index in [0.29, 0.717) is 0 Å². The first-order valence-corrected chi connectivity index (χ1v) is 7.39. The molecule has 0 aliphatic carbocycles. The lowest BCUT2D eigenvalue weighted by molar-refractivity contribution is 0.405. The summed E-state index contributed by atoms with van der Waals surface area (Å²) < 4.78 is 5.42. The molecular formula is C15H20N2OS. The lowest BCUT2D eigenvalue weighted by Crippen LogP contribution is -2.23. The molecule has 1 N–H and O–H groups in total. The summed E-state index contributed by atoms with van der Waals surface area (Å²) in [5, 5.41) is 6.75. The van der Waals surface area contributed by atoms with Gasteiger partial charge in [0.2, 0.25) is 0 Å². The maximum Gasteiger partial charge on any atom is 0.122 e. The molecule has 1 aromatic carbocycles. The zero-order valence-corrected chi connectivity index (χ0v) is 12.5. The van der Waals surface area contributed by atoms with Crippen LogP contribution in [0.5, 0.6) is 5.75 Å². The predicted octanol–water partition coefficient (Wildman–Crippen LogP) is 3.35. The molecule has 0 radical (unpaired) electrons. The van der Waals surface area contributed by atoms with Crippen LogP contribution in [-0.2, 0) is 6.42 Å². The Morgan fingerprint density at radius 3 is 2.79 bits per heavy atom. The van der Waals surface area contributed by atoms with Crippen LogP contribution in [0.4, 0.5) is 0 Å². The minimum Gasteiger partial charge on any atom is -0.496 e. The summed E-state index contributed by atoms with van der Waals surface area (Å²) in [4.78, 5) is 4.60. The van der Waals surface area contributed by atoms with Gasteiger partial charge in [-0.25, -0.2) is 4.98 Å². The third-order valence-corrected chi connectivity index (χ3v) is 3.85. The topological polar surface area (TPSA) is 34.1 Å². The maximum atomic E-state index is 5.42. The number of aryl methyl sites for hydroxylation is 1. The van der Waals surface area contributed by atoms with Crippen molar-refractivity contribution in [2.45, 2.75) is 26.3 Å². The van der Waals surface area contributed by atoms with Gasteiger partial charge in [0.1, 0.15) is 5.75 Å². The summed E-state index contributed by atoms with van der Waals surface area (Å²) in [6.45, 7) is 5.09. The minimum absolute atomic E-state index is 0.242. The molecule has 1 atom stereocenters. The van der Waals surface area contributed by atoms with Crippen molar-refractivity contribution in [1.29, 1.82) is 0 Å². The number of ether oxygens (including phenoxy) is 1. The number of methoxy groups -OCH3 is 1. The third kappa shape index (κ3) is 3.55. The van der Waals surface area contributed by atoms with Crippen molar-refractivity contribution in [3.05, 3.63) is 45.9 Å². The smallest absolute Gasteiger partial charge is 0.122 e. The van der Waals surface area contributed by atoms with E-state index in [1.165, 1.54) is 5.56 Å². The standard InChI is InChI=1S/C15H20N2OS/c1-4-16-13(14-10-19-11(2)17-14)9-12-7-5-6-8-15(12)18-3/h5-8,10,13,16H,4,9H2,1-3H3. The van der Waals surface area contributed by atoms with E-state index in [9.17, 15) is 0 Å². The summed E-state index contributed by atoms with van der Waals surface area (Å²) in [5.74, 6) is 0.942. The van der Waals surface area contributed by atoms with Crippen LogP contribution in [0.25, 0.3) is 0 Å². The van der Waals surface area contributed by atoms with Gasteiger partial charge >= 0.3 is 0 Å². The van der Waals surface area contributed by atoms with Gasteiger partial charge < -0.3 is 10.1 Å². The maximum absolute atomic E-state index is 5.42. The van der Waals surface area contributed by atoms with Crippen LogP contribution in [0.2, 0.25) is 0 Å². The fourth-order valence-electron chi connectivity index (χ4n) is 2.16. The lowest BCUT2D eigenvalue weighted by atomic mass is 10.0. The van der Waals surface area contributed by atoms with E-state index in [1.807, 2.05) is 25.1 Å². The summed E-state index contributed by atoms with van der Waals surface area (Å²) in [5.41, 5.74) is 2.33. The number of benzene rings is 1. The van der Waals surface area contributed by atoms with Crippen molar-refractivity contribution >= 4 is 11.3 Å². The highest BCUT2D eigenvalue weighted by Gasteiger charge is 2.16. The molecule has 0 fully saturated rings. The average molecular weight is 276 g/mol. The Hall–Kier alpha value is -1.39. The second-order valence-corrected chi connectivity index (χ2v) is 5.48. The number of hydrogen-bond acceptors (Lipinski definition) is 4. The first-order valence-electron chi connectivity index (χ1n) is 6.52. The first-order chi connectivity index (χ1) is 9.24. The second kappa shape index (κ2) is 6.68. The highest BCUT2D eigenvalue weighted by Crippen LogP contribution is 2.25.